The first-order chi connectivity index (χ1) is 11.2. The third-order valence-corrected chi connectivity index (χ3v) is 4.38. The highest BCUT2D eigenvalue weighted by Gasteiger charge is 2.33. The molecule has 5 nitrogen and oxygen atoms in total. The highest BCUT2D eigenvalue weighted by molar-refractivity contribution is 6.42. The van der Waals surface area contributed by atoms with Gasteiger partial charge in [0.2, 0.25) is 0 Å². The van der Waals surface area contributed by atoms with E-state index < -0.39 is 17.8 Å². The average molecular weight is 374 g/mol. The van der Waals surface area contributed by atoms with Gasteiger partial charge in [-0.1, -0.05) is 29.3 Å². The van der Waals surface area contributed by atoms with Gasteiger partial charge in [0.15, 0.2) is 0 Å². The number of hydrogen-bond acceptors (Lipinski definition) is 4. The Hall–Kier alpha value is -1.30. The van der Waals surface area contributed by atoms with E-state index in [1.165, 1.54) is 0 Å². The third-order valence-electron chi connectivity index (χ3n) is 3.64. The first kappa shape index (κ1) is 19.0. The second-order valence-electron chi connectivity index (χ2n) is 6.68. The Balaban J connectivity index is 2.26. The molecular formula is C17H21Cl2NO4. The van der Waals surface area contributed by atoms with Crippen molar-refractivity contribution < 1.29 is 19.1 Å². The van der Waals surface area contributed by atoms with Crippen molar-refractivity contribution in [3.8, 4) is 0 Å². The second kappa shape index (κ2) is 7.72. The molecule has 0 spiro atoms. The van der Waals surface area contributed by atoms with Gasteiger partial charge in [0.05, 0.1) is 16.7 Å². The fraction of sp³-hybridized carbons (Fsp3) is 0.529. The number of benzene rings is 1. The number of nitrogens with zero attached hydrogens (tertiary/aromatic N) is 1. The van der Waals surface area contributed by atoms with Crippen molar-refractivity contribution in [2.75, 3.05) is 19.7 Å². The molecule has 0 N–H and O–H groups in total. The Kier molecular flexibility index (Phi) is 6.12. The molecule has 1 aliphatic rings. The van der Waals surface area contributed by atoms with E-state index in [0.29, 0.717) is 23.1 Å². The lowest BCUT2D eigenvalue weighted by molar-refractivity contribution is -0.118. The Morgan fingerprint density at radius 1 is 1.33 bits per heavy atom. The van der Waals surface area contributed by atoms with Crippen molar-refractivity contribution >= 4 is 35.6 Å². The van der Waals surface area contributed by atoms with Crippen molar-refractivity contribution in [3.05, 3.63) is 33.8 Å². The van der Waals surface area contributed by atoms with Crippen LogP contribution in [0, 0.1) is 0 Å². The minimum Gasteiger partial charge on any atom is -0.444 e. The quantitative estimate of drug-likeness (QED) is 0.737. The van der Waals surface area contributed by atoms with Crippen molar-refractivity contribution in [2.45, 2.75) is 38.4 Å². The largest absolute Gasteiger partial charge is 0.444 e. The summed E-state index contributed by atoms with van der Waals surface area (Å²) < 4.78 is 11.0. The monoisotopic (exact) mass is 373 g/mol. The van der Waals surface area contributed by atoms with Crippen LogP contribution in [0.15, 0.2) is 18.2 Å². The van der Waals surface area contributed by atoms with Gasteiger partial charge < -0.3 is 19.2 Å². The molecule has 2 rings (SSSR count). The summed E-state index contributed by atoms with van der Waals surface area (Å²) in [5.74, 6) is -0.340. The van der Waals surface area contributed by atoms with Gasteiger partial charge >= 0.3 is 6.09 Å². The number of carbonyl (C=O) groups is 2. The molecule has 0 aliphatic carbocycles. The summed E-state index contributed by atoms with van der Waals surface area (Å²) in [6.07, 6.45) is -0.330. The summed E-state index contributed by atoms with van der Waals surface area (Å²) >= 11 is 12.0. The maximum absolute atomic E-state index is 12.4. The molecule has 1 saturated heterocycles. The van der Waals surface area contributed by atoms with Gasteiger partial charge in [-0.25, -0.2) is 4.79 Å². The van der Waals surface area contributed by atoms with Gasteiger partial charge in [0.25, 0.3) is 0 Å². The van der Waals surface area contributed by atoms with E-state index in [0.717, 1.165) is 11.8 Å². The molecule has 1 heterocycles. The van der Waals surface area contributed by atoms with Gasteiger partial charge in [0, 0.05) is 19.0 Å². The Labute approximate surface area is 151 Å². The molecule has 1 aliphatic heterocycles. The van der Waals surface area contributed by atoms with Crippen LogP contribution in [-0.4, -0.2) is 48.7 Å². The van der Waals surface area contributed by atoms with E-state index in [1.54, 1.807) is 23.1 Å². The van der Waals surface area contributed by atoms with E-state index in [1.807, 2.05) is 20.8 Å². The first-order valence-electron chi connectivity index (χ1n) is 7.71. The summed E-state index contributed by atoms with van der Waals surface area (Å²) in [6.45, 7) is 6.35. The van der Waals surface area contributed by atoms with Gasteiger partial charge in [-0.3, -0.25) is 0 Å². The van der Waals surface area contributed by atoms with Crippen LogP contribution < -0.4 is 0 Å². The number of carbonyl (C=O) groups excluding carboxylic acids is 2. The maximum Gasteiger partial charge on any atom is 0.410 e. The van der Waals surface area contributed by atoms with Gasteiger partial charge in [0.1, 0.15) is 18.0 Å². The van der Waals surface area contributed by atoms with Crippen LogP contribution in [0.2, 0.25) is 10.0 Å². The average Bonchev–Trinajstić information content (AvgIpc) is 2.70. The molecule has 24 heavy (non-hydrogen) atoms. The molecule has 7 heteroatoms. The zero-order valence-electron chi connectivity index (χ0n) is 13.9. The number of ether oxygens (including phenoxy) is 2. The zero-order valence-corrected chi connectivity index (χ0v) is 15.4. The number of rotatable bonds is 2. The van der Waals surface area contributed by atoms with Crippen molar-refractivity contribution in [1.29, 1.82) is 0 Å². The minimum atomic E-state index is -0.658. The third kappa shape index (κ3) is 4.85. The van der Waals surface area contributed by atoms with Crippen LogP contribution in [0.1, 0.15) is 32.3 Å². The SMILES string of the molecule is CC(C)(C)OC(=O)N1CCOC(C=O)C(c2ccc(Cl)c(Cl)c2)C1. The topological polar surface area (TPSA) is 55.8 Å². The second-order valence-corrected chi connectivity index (χ2v) is 7.49. The Morgan fingerprint density at radius 2 is 2.04 bits per heavy atom. The lowest BCUT2D eigenvalue weighted by Crippen LogP contribution is -2.40. The fourth-order valence-corrected chi connectivity index (χ4v) is 2.82. The normalized spacial score (nSPS) is 22.0. The molecule has 2 atom stereocenters. The zero-order chi connectivity index (χ0) is 17.9. The summed E-state index contributed by atoms with van der Waals surface area (Å²) in [5.41, 5.74) is 0.199. The molecule has 1 aromatic rings. The number of amides is 1. The Morgan fingerprint density at radius 3 is 2.62 bits per heavy atom. The van der Waals surface area contributed by atoms with E-state index in [2.05, 4.69) is 0 Å². The lowest BCUT2D eigenvalue weighted by Gasteiger charge is -2.28. The summed E-state index contributed by atoms with van der Waals surface area (Å²) in [4.78, 5) is 25.4. The van der Waals surface area contributed by atoms with Crippen LogP contribution in [-0.2, 0) is 14.3 Å². The van der Waals surface area contributed by atoms with Crippen molar-refractivity contribution in [2.24, 2.45) is 0 Å². The molecule has 1 amide bonds. The smallest absolute Gasteiger partial charge is 0.410 e. The van der Waals surface area contributed by atoms with Crippen molar-refractivity contribution in [3.63, 3.8) is 0 Å². The molecule has 1 fully saturated rings. The molecule has 0 radical (unpaired) electrons. The van der Waals surface area contributed by atoms with Gasteiger partial charge in [-0.05, 0) is 38.5 Å². The number of halogens is 2. The molecular weight excluding hydrogens is 353 g/mol. The number of hydrogen-bond donors (Lipinski definition) is 0. The van der Waals surface area contributed by atoms with E-state index in [9.17, 15) is 9.59 Å². The predicted molar refractivity (Wildman–Crippen MR) is 92.8 cm³/mol. The van der Waals surface area contributed by atoms with Gasteiger partial charge in [-0.2, -0.15) is 0 Å². The lowest BCUT2D eigenvalue weighted by atomic mass is 9.93. The first-order valence-corrected chi connectivity index (χ1v) is 8.46. The fourth-order valence-electron chi connectivity index (χ4n) is 2.51. The molecule has 0 aromatic heterocycles. The van der Waals surface area contributed by atoms with Crippen LogP contribution >= 0.6 is 23.2 Å². The van der Waals surface area contributed by atoms with Gasteiger partial charge in [-0.15, -0.1) is 0 Å². The van der Waals surface area contributed by atoms with E-state index in [4.69, 9.17) is 32.7 Å². The predicted octanol–water partition coefficient (Wildman–Crippen LogP) is 3.91. The van der Waals surface area contributed by atoms with Crippen LogP contribution in [0.5, 0.6) is 0 Å². The Bertz CT molecular complexity index is 615. The molecule has 0 saturated carbocycles. The standard InChI is InChI=1S/C17H21Cl2NO4/c1-17(2,3)24-16(22)20-6-7-23-15(10-21)12(9-20)11-4-5-13(18)14(19)8-11/h4-5,8,10,12,15H,6-7,9H2,1-3H3. The van der Waals surface area contributed by atoms with Crippen molar-refractivity contribution in [1.82, 2.24) is 4.90 Å². The summed E-state index contributed by atoms with van der Waals surface area (Å²) in [5, 5.41) is 0.827. The maximum atomic E-state index is 12.4. The minimum absolute atomic E-state index is 0.264. The highest BCUT2D eigenvalue weighted by Crippen LogP contribution is 2.30. The highest BCUT2D eigenvalue weighted by atomic mass is 35.5. The molecule has 1 aromatic carbocycles. The van der Waals surface area contributed by atoms with Crippen LogP contribution in [0.25, 0.3) is 0 Å². The summed E-state index contributed by atoms with van der Waals surface area (Å²) in [6, 6.07) is 5.16. The van der Waals surface area contributed by atoms with E-state index in [-0.39, 0.29) is 12.5 Å². The summed E-state index contributed by atoms with van der Waals surface area (Å²) in [7, 11) is 0. The molecule has 132 valence electrons. The van der Waals surface area contributed by atoms with Crippen LogP contribution in [0.3, 0.4) is 0 Å². The molecule has 2 unspecified atom stereocenters. The van der Waals surface area contributed by atoms with Crippen LogP contribution in [0.4, 0.5) is 4.79 Å². The number of aldehydes is 1. The molecule has 0 bridgehead atoms. The van der Waals surface area contributed by atoms with E-state index >= 15 is 0 Å².